The van der Waals surface area contributed by atoms with Gasteiger partial charge in [-0.2, -0.15) is 13.2 Å². The number of rotatable bonds is 7. The van der Waals surface area contributed by atoms with E-state index in [1.54, 1.807) is 38.5 Å². The molecule has 0 fully saturated rings. The van der Waals surface area contributed by atoms with Gasteiger partial charge in [0.15, 0.2) is 5.88 Å². The highest BCUT2D eigenvalue weighted by Gasteiger charge is 2.38. The number of nitrogens with two attached hydrogens (primary N) is 1. The van der Waals surface area contributed by atoms with Gasteiger partial charge in [0.05, 0.1) is 24.0 Å². The number of aliphatic carboxylic acids is 1. The molecule has 0 saturated heterocycles. The largest absolute Gasteiger partial charge is 0.497 e. The number of sulfone groups is 1. The highest BCUT2D eigenvalue weighted by Crippen LogP contribution is 2.43. The minimum absolute atomic E-state index is 0.186. The first-order chi connectivity index (χ1) is 19.9. The van der Waals surface area contributed by atoms with Crippen molar-refractivity contribution in [2.75, 3.05) is 20.8 Å². The van der Waals surface area contributed by atoms with Crippen LogP contribution in [0.1, 0.15) is 5.56 Å². The minimum atomic E-state index is -5.08. The number of aromatic nitrogens is 1. The maximum Gasteiger partial charge on any atom is 0.490 e. The second kappa shape index (κ2) is 12.1. The fourth-order valence-electron chi connectivity index (χ4n) is 4.68. The number of aromatic amines is 1. The van der Waals surface area contributed by atoms with E-state index in [2.05, 4.69) is 4.98 Å². The summed E-state index contributed by atoms with van der Waals surface area (Å²) in [4.78, 5) is 12.6. The van der Waals surface area contributed by atoms with Crippen molar-refractivity contribution in [3.05, 3.63) is 84.4 Å². The Morgan fingerprint density at radius 3 is 2.14 bits per heavy atom. The number of alkyl halides is 3. The van der Waals surface area contributed by atoms with Gasteiger partial charge < -0.3 is 25.3 Å². The van der Waals surface area contributed by atoms with Crippen LogP contribution >= 0.6 is 0 Å². The molecular weight excluding hydrogens is 573 g/mol. The van der Waals surface area contributed by atoms with Crippen LogP contribution in [0.5, 0.6) is 11.6 Å². The quantitative estimate of drug-likeness (QED) is 0.210. The van der Waals surface area contributed by atoms with Crippen LogP contribution < -0.4 is 15.2 Å². The summed E-state index contributed by atoms with van der Waals surface area (Å²) in [6.45, 7) is 0.351. The number of carbonyl (C=O) groups is 1. The van der Waals surface area contributed by atoms with Crippen LogP contribution in [0.15, 0.2) is 88.7 Å². The van der Waals surface area contributed by atoms with Crippen molar-refractivity contribution in [1.82, 2.24) is 4.98 Å². The van der Waals surface area contributed by atoms with E-state index < -0.39 is 22.0 Å². The lowest BCUT2D eigenvalue weighted by Gasteiger charge is -2.16. The normalized spacial score (nSPS) is 11.7. The first-order valence-corrected chi connectivity index (χ1v) is 14.0. The van der Waals surface area contributed by atoms with Gasteiger partial charge >= 0.3 is 12.1 Å². The monoisotopic (exact) mass is 600 g/mol. The summed E-state index contributed by atoms with van der Waals surface area (Å²) in [5.74, 6) is -1.65. The zero-order valence-electron chi connectivity index (χ0n) is 22.5. The number of nitrogens with one attached hydrogen (secondary N) is 1. The van der Waals surface area contributed by atoms with Crippen molar-refractivity contribution in [2.45, 2.75) is 22.4 Å². The highest BCUT2D eigenvalue weighted by molar-refractivity contribution is 7.91. The first-order valence-electron chi connectivity index (χ1n) is 12.5. The van der Waals surface area contributed by atoms with Crippen LogP contribution in [-0.4, -0.2) is 51.4 Å². The Bertz CT molecular complexity index is 1840. The van der Waals surface area contributed by atoms with Crippen molar-refractivity contribution in [2.24, 2.45) is 5.73 Å². The van der Waals surface area contributed by atoms with Crippen molar-refractivity contribution in [3.63, 3.8) is 0 Å². The molecule has 0 bridgehead atoms. The Labute approximate surface area is 239 Å². The van der Waals surface area contributed by atoms with Crippen LogP contribution in [-0.2, 0) is 21.1 Å². The predicted molar refractivity (Wildman–Crippen MR) is 153 cm³/mol. The van der Waals surface area contributed by atoms with Crippen LogP contribution in [0.25, 0.3) is 32.8 Å². The average molecular weight is 601 g/mol. The molecular formula is C30H27F3N2O6S. The summed E-state index contributed by atoms with van der Waals surface area (Å²) in [6, 6.07) is 24.1. The lowest BCUT2D eigenvalue weighted by molar-refractivity contribution is -0.192. The van der Waals surface area contributed by atoms with Gasteiger partial charge in [-0.1, -0.05) is 48.5 Å². The molecule has 0 aliphatic carbocycles. The summed E-state index contributed by atoms with van der Waals surface area (Å²) in [7, 11) is -0.833. The summed E-state index contributed by atoms with van der Waals surface area (Å²) >= 11 is 0. The number of halogens is 3. The molecule has 4 aromatic carbocycles. The molecule has 0 radical (unpaired) electrons. The molecule has 1 heterocycles. The van der Waals surface area contributed by atoms with Gasteiger partial charge in [0.25, 0.3) is 0 Å². The highest BCUT2D eigenvalue weighted by atomic mass is 32.2. The number of methoxy groups -OCH3 is 2. The summed E-state index contributed by atoms with van der Waals surface area (Å²) in [5, 5.41) is 9.74. The number of hydrogen-bond donors (Lipinski definition) is 3. The molecule has 42 heavy (non-hydrogen) atoms. The van der Waals surface area contributed by atoms with E-state index in [0.29, 0.717) is 41.1 Å². The van der Waals surface area contributed by atoms with Crippen molar-refractivity contribution >= 4 is 37.5 Å². The van der Waals surface area contributed by atoms with Gasteiger partial charge in [-0.05, 0) is 59.6 Å². The number of H-pyrrole nitrogens is 1. The molecule has 8 nitrogen and oxygen atoms in total. The van der Waals surface area contributed by atoms with E-state index in [0.717, 1.165) is 21.9 Å². The molecule has 0 spiro atoms. The number of carboxylic acid groups (broad SMARTS) is 1. The van der Waals surface area contributed by atoms with Gasteiger partial charge in [-0.25, -0.2) is 13.2 Å². The Hall–Kier alpha value is -4.55. The summed E-state index contributed by atoms with van der Waals surface area (Å²) in [5.41, 5.74) is 8.83. The van der Waals surface area contributed by atoms with Crippen molar-refractivity contribution in [1.29, 1.82) is 0 Å². The molecule has 12 heteroatoms. The molecule has 220 valence electrons. The van der Waals surface area contributed by atoms with E-state index in [1.165, 1.54) is 0 Å². The maximum atomic E-state index is 14.3. The molecule has 5 rings (SSSR count). The van der Waals surface area contributed by atoms with Crippen molar-refractivity contribution < 1.29 is 41.0 Å². The molecule has 1 aromatic heterocycles. The first kappa shape index (κ1) is 30.4. The van der Waals surface area contributed by atoms with Gasteiger partial charge in [-0.15, -0.1) is 0 Å². The Balaban J connectivity index is 0.000000517. The van der Waals surface area contributed by atoms with Gasteiger partial charge in [0, 0.05) is 22.0 Å². The third kappa shape index (κ3) is 5.90. The number of hydrogen-bond acceptors (Lipinski definition) is 6. The van der Waals surface area contributed by atoms with E-state index in [9.17, 15) is 21.6 Å². The van der Waals surface area contributed by atoms with Gasteiger partial charge in [0.2, 0.25) is 9.84 Å². The maximum absolute atomic E-state index is 14.3. The molecule has 5 aromatic rings. The fourth-order valence-corrected chi connectivity index (χ4v) is 6.38. The molecule has 4 N–H and O–H groups in total. The molecule has 0 unspecified atom stereocenters. The van der Waals surface area contributed by atoms with Crippen molar-refractivity contribution in [3.8, 4) is 22.8 Å². The number of carboxylic acids is 1. The molecule has 0 saturated carbocycles. The van der Waals surface area contributed by atoms with Crippen LogP contribution in [0.2, 0.25) is 0 Å². The Morgan fingerprint density at radius 2 is 1.55 bits per heavy atom. The van der Waals surface area contributed by atoms with E-state index in [-0.39, 0.29) is 9.79 Å². The standard InChI is InChI=1S/C28H26N2O4S.C2HF3O2/c1-33-19-10-12-20(13-11-19)35(31,32)27-23(22-9-5-7-18-6-3-4-8-21(18)22)14-15-25-26(27)24(16-17-29)28(30-25)34-2;3-2(4,5)1(6)7/h3-15,30H,16-17,29H2,1-2H3;(H,6,7). The van der Waals surface area contributed by atoms with Gasteiger partial charge in [-0.3, -0.25) is 0 Å². The van der Waals surface area contributed by atoms with Crippen LogP contribution in [0, 0.1) is 0 Å². The van der Waals surface area contributed by atoms with Gasteiger partial charge in [0.1, 0.15) is 5.75 Å². The summed E-state index contributed by atoms with van der Waals surface area (Å²) < 4.78 is 71.2. The van der Waals surface area contributed by atoms with E-state index >= 15 is 0 Å². The third-order valence-electron chi connectivity index (χ3n) is 6.54. The fraction of sp³-hybridized carbons (Fsp3) is 0.167. The van der Waals surface area contributed by atoms with E-state index in [4.69, 9.17) is 25.1 Å². The minimum Gasteiger partial charge on any atom is -0.497 e. The second-order valence-corrected chi connectivity index (χ2v) is 10.9. The SMILES string of the molecule is COc1ccc(S(=O)(=O)c2c(-c3cccc4ccccc34)ccc3[nH]c(OC)c(CCN)c23)cc1.O=C(O)C(F)(F)F. The van der Waals surface area contributed by atoms with E-state index in [1.807, 2.05) is 54.6 Å². The third-order valence-corrected chi connectivity index (χ3v) is 8.40. The zero-order valence-corrected chi connectivity index (χ0v) is 23.3. The lowest BCUT2D eigenvalue weighted by atomic mass is 9.96. The Morgan fingerprint density at radius 1 is 0.905 bits per heavy atom. The topological polar surface area (TPSA) is 132 Å². The Kier molecular flexibility index (Phi) is 8.78. The summed E-state index contributed by atoms with van der Waals surface area (Å²) in [6.07, 6.45) is -4.62. The predicted octanol–water partition coefficient (Wildman–Crippen LogP) is 5.97. The van der Waals surface area contributed by atoms with Crippen LogP contribution in [0.3, 0.4) is 0 Å². The number of fused-ring (bicyclic) bond motifs is 2. The number of ether oxygens (including phenoxy) is 2. The smallest absolute Gasteiger partial charge is 0.490 e. The molecule has 0 amide bonds. The lowest BCUT2D eigenvalue weighted by Crippen LogP contribution is -2.21. The molecule has 0 atom stereocenters. The second-order valence-electron chi connectivity index (χ2n) is 9.05. The van der Waals surface area contributed by atoms with Crippen LogP contribution in [0.4, 0.5) is 13.2 Å². The number of benzene rings is 4. The molecule has 0 aliphatic heterocycles. The zero-order chi connectivity index (χ0) is 30.7. The average Bonchev–Trinajstić information content (AvgIpc) is 3.33. The molecule has 0 aliphatic rings.